The Balaban J connectivity index is 2.24. The lowest BCUT2D eigenvalue weighted by molar-refractivity contribution is -0.500. The summed E-state index contributed by atoms with van der Waals surface area (Å²) in [4.78, 5) is 19.0. The SMILES string of the molecule is CC(Oc1ccccc1S(=O)(=O)C(CO)[N+](=O)[O-])SC(C)Oc1ccccc1S(=O)(=O)C(CO)[N+](=O)[O-]. The summed E-state index contributed by atoms with van der Waals surface area (Å²) >= 11 is 0.968. The van der Waals surface area contributed by atoms with Crippen LogP contribution in [0.2, 0.25) is 0 Å². The van der Waals surface area contributed by atoms with E-state index in [1.165, 1.54) is 50.2 Å². The largest absolute Gasteiger partial charge is 0.479 e. The maximum atomic E-state index is 12.7. The lowest BCUT2D eigenvalue weighted by Gasteiger charge is -2.22. The zero-order valence-electron chi connectivity index (χ0n) is 19.4. The number of ether oxygens (including phenoxy) is 2. The van der Waals surface area contributed by atoms with Crippen molar-refractivity contribution in [3.05, 3.63) is 68.8 Å². The summed E-state index contributed by atoms with van der Waals surface area (Å²) in [6.07, 6.45) is 0. The van der Waals surface area contributed by atoms with Crippen molar-refractivity contribution in [2.45, 2.75) is 45.3 Å². The van der Waals surface area contributed by atoms with E-state index >= 15 is 0 Å². The van der Waals surface area contributed by atoms with Gasteiger partial charge in [0.1, 0.15) is 45.4 Å². The van der Waals surface area contributed by atoms with Crippen LogP contribution in [-0.2, 0) is 19.7 Å². The molecule has 0 fully saturated rings. The molecule has 0 heterocycles. The number of nitro groups is 2. The number of thioether (sulfide) groups is 1. The monoisotopic (exact) mass is 580 g/mol. The molecule has 0 aromatic heterocycles. The summed E-state index contributed by atoms with van der Waals surface area (Å²) in [6, 6.07) is 10.3. The van der Waals surface area contributed by atoms with Gasteiger partial charge in [0.2, 0.25) is 0 Å². The number of rotatable bonds is 14. The maximum Gasteiger partial charge on any atom is 0.337 e. The van der Waals surface area contributed by atoms with Gasteiger partial charge < -0.3 is 19.7 Å². The van der Waals surface area contributed by atoms with Crippen LogP contribution in [0.25, 0.3) is 0 Å². The molecule has 4 atom stereocenters. The van der Waals surface area contributed by atoms with Crippen molar-refractivity contribution in [1.29, 1.82) is 0 Å². The predicted octanol–water partition coefficient (Wildman–Crippen LogP) is 1.31. The van der Waals surface area contributed by atoms with Crippen LogP contribution in [0.3, 0.4) is 0 Å². The van der Waals surface area contributed by atoms with Gasteiger partial charge in [-0.2, -0.15) is 0 Å². The summed E-state index contributed by atoms with van der Waals surface area (Å²) in [6.45, 7) is 0.549. The van der Waals surface area contributed by atoms with Gasteiger partial charge in [0.25, 0.3) is 19.7 Å². The molecule has 0 radical (unpaired) electrons. The number of benzene rings is 2. The summed E-state index contributed by atoms with van der Waals surface area (Å²) in [5, 5.41) is 36.1. The fourth-order valence-electron chi connectivity index (χ4n) is 3.10. The number of para-hydroxylation sites is 2. The van der Waals surface area contributed by atoms with Crippen molar-refractivity contribution >= 4 is 31.4 Å². The van der Waals surface area contributed by atoms with E-state index in [0.29, 0.717) is 0 Å². The number of sulfone groups is 2. The van der Waals surface area contributed by atoms with Gasteiger partial charge in [0, 0.05) is 9.85 Å². The molecule has 0 saturated heterocycles. The zero-order chi connectivity index (χ0) is 28.0. The van der Waals surface area contributed by atoms with Crippen molar-refractivity contribution in [3.8, 4) is 11.5 Å². The molecule has 2 aromatic rings. The molecule has 0 bridgehead atoms. The van der Waals surface area contributed by atoms with E-state index in [2.05, 4.69) is 0 Å². The first kappa shape index (κ1) is 30.2. The Hall–Kier alpha value is -2.99. The number of hydrogen-bond acceptors (Lipinski definition) is 13. The predicted molar refractivity (Wildman–Crippen MR) is 131 cm³/mol. The van der Waals surface area contributed by atoms with Crippen LogP contribution in [-0.4, -0.2) is 71.7 Å². The summed E-state index contributed by atoms with van der Waals surface area (Å²) in [7, 11) is -9.20. The molecule has 17 heteroatoms. The van der Waals surface area contributed by atoms with Crippen molar-refractivity contribution in [2.24, 2.45) is 0 Å². The molecule has 0 spiro atoms. The molecule has 0 aliphatic heterocycles. The van der Waals surface area contributed by atoms with Crippen molar-refractivity contribution in [2.75, 3.05) is 13.2 Å². The van der Waals surface area contributed by atoms with Gasteiger partial charge in [-0.1, -0.05) is 36.0 Å². The first-order valence-corrected chi connectivity index (χ1v) is 14.4. The highest BCUT2D eigenvalue weighted by atomic mass is 32.2. The van der Waals surface area contributed by atoms with Crippen LogP contribution in [0, 0.1) is 20.2 Å². The minimum atomic E-state index is -4.60. The summed E-state index contributed by atoms with van der Waals surface area (Å²) in [5.41, 5.74) is -1.66. The Bertz CT molecular complexity index is 1230. The standard InChI is InChI=1S/C20H24N2O12S3/c1-13(33-15-7-3-5-9-17(15)36(29,30)19(11-23)21(25)26)35-14(2)34-16-8-4-6-10-18(16)37(31,32)20(12-24)22(27)28/h3-10,13-14,19-20,23-24H,11-12H2,1-2H3. The molecule has 14 nitrogen and oxygen atoms in total. The first-order valence-electron chi connectivity index (χ1n) is 10.4. The third-order valence-corrected chi connectivity index (χ3v) is 9.71. The Labute approximate surface area is 216 Å². The first-order chi connectivity index (χ1) is 17.3. The third-order valence-electron chi connectivity index (χ3n) is 4.78. The fraction of sp³-hybridized carbons (Fsp3) is 0.400. The van der Waals surface area contributed by atoms with Crippen LogP contribution in [0.15, 0.2) is 58.3 Å². The molecule has 37 heavy (non-hydrogen) atoms. The minimum absolute atomic E-state index is 0.213. The molecule has 0 amide bonds. The zero-order valence-corrected chi connectivity index (χ0v) is 21.9. The van der Waals surface area contributed by atoms with Crippen LogP contribution >= 0.6 is 11.8 Å². The van der Waals surface area contributed by atoms with Crippen molar-refractivity contribution in [1.82, 2.24) is 0 Å². The number of aliphatic hydroxyl groups is 2. The number of aliphatic hydroxyl groups excluding tert-OH is 2. The van der Waals surface area contributed by atoms with Crippen LogP contribution in [0.1, 0.15) is 13.8 Å². The van der Waals surface area contributed by atoms with Gasteiger partial charge in [-0.15, -0.1) is 0 Å². The van der Waals surface area contributed by atoms with Crippen LogP contribution in [0.5, 0.6) is 11.5 Å². The molecular weight excluding hydrogens is 556 g/mol. The van der Waals surface area contributed by atoms with E-state index in [1.54, 1.807) is 0 Å². The minimum Gasteiger partial charge on any atom is -0.479 e. The Morgan fingerprint density at radius 2 is 1.08 bits per heavy atom. The lowest BCUT2D eigenvalue weighted by Crippen LogP contribution is -2.33. The third kappa shape index (κ3) is 7.07. The van der Waals surface area contributed by atoms with E-state index in [9.17, 15) is 47.3 Å². The van der Waals surface area contributed by atoms with Gasteiger partial charge in [-0.05, 0) is 38.1 Å². The molecule has 2 rings (SSSR count). The van der Waals surface area contributed by atoms with Gasteiger partial charge in [-0.25, -0.2) is 16.8 Å². The quantitative estimate of drug-likeness (QED) is 0.183. The average molecular weight is 581 g/mol. The highest BCUT2D eigenvalue weighted by Crippen LogP contribution is 2.33. The highest BCUT2D eigenvalue weighted by molar-refractivity contribution is 8.00. The van der Waals surface area contributed by atoms with Gasteiger partial charge >= 0.3 is 10.7 Å². The molecule has 4 unspecified atom stereocenters. The highest BCUT2D eigenvalue weighted by Gasteiger charge is 2.40. The van der Waals surface area contributed by atoms with E-state index < -0.39 is 74.1 Å². The Morgan fingerprint density at radius 1 is 0.757 bits per heavy atom. The van der Waals surface area contributed by atoms with E-state index in [1.807, 2.05) is 0 Å². The normalized spacial score (nSPS) is 15.2. The fourth-order valence-corrected chi connectivity index (χ4v) is 6.72. The van der Waals surface area contributed by atoms with Gasteiger partial charge in [0.05, 0.1) is 0 Å². The lowest BCUT2D eigenvalue weighted by atomic mass is 10.3. The van der Waals surface area contributed by atoms with E-state index in [-0.39, 0.29) is 11.5 Å². The Kier molecular flexibility index (Phi) is 10.2. The summed E-state index contributed by atoms with van der Waals surface area (Å²) in [5.74, 6) is -0.426. The molecule has 0 saturated carbocycles. The number of hydrogen-bond donors (Lipinski definition) is 2. The molecule has 0 aliphatic rings. The smallest absolute Gasteiger partial charge is 0.337 e. The molecular formula is C20H24N2O12S3. The van der Waals surface area contributed by atoms with Gasteiger partial charge in [-0.3, -0.25) is 20.2 Å². The van der Waals surface area contributed by atoms with Crippen LogP contribution < -0.4 is 9.47 Å². The second-order valence-corrected chi connectivity index (χ2v) is 13.1. The summed E-state index contributed by atoms with van der Waals surface area (Å²) < 4.78 is 62.1. The Morgan fingerprint density at radius 3 is 1.38 bits per heavy atom. The maximum absolute atomic E-state index is 12.7. The molecule has 0 aliphatic carbocycles. The average Bonchev–Trinajstić information content (AvgIpc) is 2.79. The molecule has 2 N–H and O–H groups in total. The number of nitrogens with zero attached hydrogens (tertiary/aromatic N) is 2. The second-order valence-electron chi connectivity index (χ2n) is 7.34. The topological polar surface area (TPSA) is 213 Å². The van der Waals surface area contributed by atoms with Gasteiger partial charge in [0.15, 0.2) is 0 Å². The van der Waals surface area contributed by atoms with Crippen LogP contribution in [0.4, 0.5) is 0 Å². The van der Waals surface area contributed by atoms with E-state index in [4.69, 9.17) is 9.47 Å². The van der Waals surface area contributed by atoms with E-state index in [0.717, 1.165) is 23.9 Å². The van der Waals surface area contributed by atoms with Crippen molar-refractivity contribution in [3.63, 3.8) is 0 Å². The second kappa shape index (κ2) is 12.5. The van der Waals surface area contributed by atoms with Crippen molar-refractivity contribution < 1.29 is 46.4 Å². The molecule has 204 valence electrons. The molecule has 2 aromatic carbocycles.